The van der Waals surface area contributed by atoms with Crippen LogP contribution in [-0.2, 0) is 6.54 Å². The van der Waals surface area contributed by atoms with Gasteiger partial charge in [0.2, 0.25) is 0 Å². The third-order valence-corrected chi connectivity index (χ3v) is 5.39. The molecule has 0 radical (unpaired) electrons. The molecule has 158 valence electrons. The maximum Gasteiger partial charge on any atom is 0.254 e. The molecule has 0 saturated carbocycles. The van der Waals surface area contributed by atoms with E-state index < -0.39 is 0 Å². The molecule has 1 atom stereocenters. The van der Waals surface area contributed by atoms with Gasteiger partial charge in [0.25, 0.3) is 5.91 Å². The molecule has 0 heterocycles. The van der Waals surface area contributed by atoms with Gasteiger partial charge in [-0.15, -0.1) is 0 Å². The van der Waals surface area contributed by atoms with Crippen molar-refractivity contribution in [1.29, 1.82) is 0 Å². The summed E-state index contributed by atoms with van der Waals surface area (Å²) in [4.78, 5) is 17.7. The second kappa shape index (κ2) is 12.3. The quantitative estimate of drug-likeness (QED) is 0.492. The Morgan fingerprint density at radius 2 is 1.62 bits per heavy atom. The molecule has 0 aliphatic rings. The Bertz CT molecular complexity index is 711. The van der Waals surface area contributed by atoms with Gasteiger partial charge in [-0.05, 0) is 76.2 Å². The smallest absolute Gasteiger partial charge is 0.254 e. The molecule has 4 heteroatoms. The van der Waals surface area contributed by atoms with Crippen molar-refractivity contribution in [3.05, 3.63) is 65.7 Å². The van der Waals surface area contributed by atoms with E-state index in [9.17, 15) is 4.79 Å². The van der Waals surface area contributed by atoms with Crippen molar-refractivity contribution in [1.82, 2.24) is 9.80 Å². The lowest BCUT2D eigenvalue weighted by Crippen LogP contribution is -2.38. The summed E-state index contributed by atoms with van der Waals surface area (Å²) in [5.74, 6) is 0.958. The number of benzene rings is 2. The highest BCUT2D eigenvalue weighted by Crippen LogP contribution is 2.19. The van der Waals surface area contributed by atoms with Crippen LogP contribution in [0.15, 0.2) is 54.6 Å². The standard InChI is InChI=1S/C25H36N2O2/c1-5-26(6-2)19-11-12-21(4)27(25(28)23-13-9-8-10-14-23)20-22-15-17-24(18-16-22)29-7-3/h8-10,13-18,21H,5-7,11-12,19-20H2,1-4H3. The summed E-state index contributed by atoms with van der Waals surface area (Å²) in [5.41, 5.74) is 1.86. The van der Waals surface area contributed by atoms with Gasteiger partial charge in [0, 0.05) is 18.2 Å². The van der Waals surface area contributed by atoms with Gasteiger partial charge in [0.1, 0.15) is 5.75 Å². The Morgan fingerprint density at radius 3 is 2.21 bits per heavy atom. The van der Waals surface area contributed by atoms with Crippen LogP contribution in [0.5, 0.6) is 5.75 Å². The number of ether oxygens (including phenoxy) is 1. The first-order chi connectivity index (χ1) is 14.1. The van der Waals surface area contributed by atoms with E-state index in [1.54, 1.807) is 0 Å². The van der Waals surface area contributed by atoms with Gasteiger partial charge in [0.15, 0.2) is 0 Å². The van der Waals surface area contributed by atoms with Crippen LogP contribution in [-0.4, -0.2) is 48.0 Å². The average molecular weight is 397 g/mol. The largest absolute Gasteiger partial charge is 0.494 e. The van der Waals surface area contributed by atoms with Gasteiger partial charge in [0.05, 0.1) is 6.61 Å². The minimum Gasteiger partial charge on any atom is -0.494 e. The zero-order valence-electron chi connectivity index (χ0n) is 18.4. The molecule has 0 N–H and O–H groups in total. The maximum absolute atomic E-state index is 13.3. The summed E-state index contributed by atoms with van der Waals surface area (Å²) < 4.78 is 5.54. The van der Waals surface area contributed by atoms with Gasteiger partial charge in [-0.3, -0.25) is 4.79 Å². The van der Waals surface area contributed by atoms with Crippen molar-refractivity contribution in [2.45, 2.75) is 53.1 Å². The Balaban J connectivity index is 2.11. The van der Waals surface area contributed by atoms with E-state index in [-0.39, 0.29) is 11.9 Å². The summed E-state index contributed by atoms with van der Waals surface area (Å²) in [6.07, 6.45) is 2.08. The monoisotopic (exact) mass is 396 g/mol. The average Bonchev–Trinajstić information content (AvgIpc) is 2.76. The molecule has 0 saturated heterocycles. The second-order valence-corrected chi connectivity index (χ2v) is 7.39. The van der Waals surface area contributed by atoms with E-state index in [0.29, 0.717) is 13.2 Å². The highest BCUT2D eigenvalue weighted by molar-refractivity contribution is 5.94. The molecule has 2 aromatic carbocycles. The first kappa shape index (κ1) is 23.0. The van der Waals surface area contributed by atoms with E-state index in [1.165, 1.54) is 0 Å². The lowest BCUT2D eigenvalue weighted by molar-refractivity contribution is 0.0662. The summed E-state index contributed by atoms with van der Waals surface area (Å²) in [6.45, 7) is 13.0. The molecule has 2 aromatic rings. The molecular formula is C25H36N2O2. The number of rotatable bonds is 12. The zero-order chi connectivity index (χ0) is 21.1. The Labute approximate surface area is 176 Å². The van der Waals surface area contributed by atoms with E-state index in [0.717, 1.165) is 49.4 Å². The van der Waals surface area contributed by atoms with Gasteiger partial charge < -0.3 is 14.5 Å². The molecule has 1 unspecified atom stereocenters. The Kier molecular flexibility index (Phi) is 9.72. The summed E-state index contributed by atoms with van der Waals surface area (Å²) in [7, 11) is 0. The van der Waals surface area contributed by atoms with Crippen molar-refractivity contribution in [2.75, 3.05) is 26.2 Å². The molecule has 4 nitrogen and oxygen atoms in total. The highest BCUT2D eigenvalue weighted by atomic mass is 16.5. The van der Waals surface area contributed by atoms with Crippen LogP contribution in [0, 0.1) is 0 Å². The first-order valence-corrected chi connectivity index (χ1v) is 10.9. The van der Waals surface area contributed by atoms with Gasteiger partial charge in [-0.1, -0.05) is 44.2 Å². The van der Waals surface area contributed by atoms with Crippen LogP contribution in [0.1, 0.15) is 56.5 Å². The highest BCUT2D eigenvalue weighted by Gasteiger charge is 2.22. The van der Waals surface area contributed by atoms with Crippen molar-refractivity contribution < 1.29 is 9.53 Å². The number of carbonyl (C=O) groups excluding carboxylic acids is 1. The summed E-state index contributed by atoms with van der Waals surface area (Å²) in [6, 6.07) is 17.8. The van der Waals surface area contributed by atoms with Gasteiger partial charge in [-0.2, -0.15) is 0 Å². The zero-order valence-corrected chi connectivity index (χ0v) is 18.4. The van der Waals surface area contributed by atoms with Gasteiger partial charge >= 0.3 is 0 Å². The fraction of sp³-hybridized carbons (Fsp3) is 0.480. The molecule has 0 aliphatic heterocycles. The molecule has 1 amide bonds. The topological polar surface area (TPSA) is 32.8 Å². The van der Waals surface area contributed by atoms with E-state index in [1.807, 2.05) is 54.3 Å². The number of hydrogen-bond acceptors (Lipinski definition) is 3. The van der Waals surface area contributed by atoms with Crippen LogP contribution in [0.2, 0.25) is 0 Å². The maximum atomic E-state index is 13.3. The molecular weight excluding hydrogens is 360 g/mol. The van der Waals surface area contributed by atoms with Gasteiger partial charge in [-0.25, -0.2) is 0 Å². The molecule has 2 rings (SSSR count). The molecule has 0 aromatic heterocycles. The third-order valence-electron chi connectivity index (χ3n) is 5.39. The van der Waals surface area contributed by atoms with Crippen molar-refractivity contribution in [3.63, 3.8) is 0 Å². The molecule has 0 fully saturated rings. The summed E-state index contributed by atoms with van der Waals surface area (Å²) >= 11 is 0. The molecule has 0 aliphatic carbocycles. The lowest BCUT2D eigenvalue weighted by Gasteiger charge is -2.30. The fourth-order valence-electron chi connectivity index (χ4n) is 3.53. The minimum atomic E-state index is 0.0924. The Morgan fingerprint density at radius 1 is 0.966 bits per heavy atom. The van der Waals surface area contributed by atoms with Crippen LogP contribution < -0.4 is 4.74 Å². The second-order valence-electron chi connectivity index (χ2n) is 7.39. The first-order valence-electron chi connectivity index (χ1n) is 10.9. The molecule has 0 bridgehead atoms. The number of carbonyl (C=O) groups is 1. The minimum absolute atomic E-state index is 0.0924. The number of nitrogens with zero attached hydrogens (tertiary/aromatic N) is 2. The van der Waals surface area contributed by atoms with Crippen LogP contribution in [0.25, 0.3) is 0 Å². The molecule has 0 spiro atoms. The number of amides is 1. The van der Waals surface area contributed by atoms with Crippen molar-refractivity contribution in [3.8, 4) is 5.75 Å². The predicted octanol–water partition coefficient (Wildman–Crippen LogP) is 5.24. The van der Waals surface area contributed by atoms with Crippen LogP contribution >= 0.6 is 0 Å². The predicted molar refractivity (Wildman–Crippen MR) is 120 cm³/mol. The van der Waals surface area contributed by atoms with Crippen LogP contribution in [0.3, 0.4) is 0 Å². The fourth-order valence-corrected chi connectivity index (χ4v) is 3.53. The third kappa shape index (κ3) is 7.21. The van der Waals surface area contributed by atoms with E-state index >= 15 is 0 Å². The summed E-state index contributed by atoms with van der Waals surface area (Å²) in [5, 5.41) is 0. The van der Waals surface area contributed by atoms with E-state index in [2.05, 4.69) is 37.8 Å². The molecule has 29 heavy (non-hydrogen) atoms. The SMILES string of the molecule is CCOc1ccc(CN(C(=O)c2ccccc2)C(C)CCCN(CC)CC)cc1. The lowest BCUT2D eigenvalue weighted by atomic mass is 10.1. The number of hydrogen-bond donors (Lipinski definition) is 0. The van der Waals surface area contributed by atoms with E-state index in [4.69, 9.17) is 4.74 Å². The normalized spacial score (nSPS) is 12.0. The van der Waals surface area contributed by atoms with Crippen molar-refractivity contribution in [2.24, 2.45) is 0 Å². The Hall–Kier alpha value is -2.33. The van der Waals surface area contributed by atoms with Crippen LogP contribution in [0.4, 0.5) is 0 Å². The van der Waals surface area contributed by atoms with Crippen molar-refractivity contribution >= 4 is 5.91 Å².